The van der Waals surface area contributed by atoms with Crippen LogP contribution in [0.5, 0.6) is 5.75 Å². The van der Waals surface area contributed by atoms with Gasteiger partial charge in [0.1, 0.15) is 0 Å². The van der Waals surface area contributed by atoms with Crippen LogP contribution in [0.1, 0.15) is 16.2 Å². The van der Waals surface area contributed by atoms with Gasteiger partial charge in [-0.3, -0.25) is 9.59 Å². The lowest BCUT2D eigenvalue weighted by atomic mass is 10.2. The monoisotopic (exact) mass is 385 g/mol. The molecule has 0 aliphatic rings. The minimum absolute atomic E-state index is 0.0321. The second-order valence-corrected chi connectivity index (χ2v) is 7.32. The van der Waals surface area contributed by atoms with Crippen LogP contribution >= 0.6 is 11.6 Å². The van der Waals surface area contributed by atoms with Crippen molar-refractivity contribution in [1.29, 1.82) is 0 Å². The van der Waals surface area contributed by atoms with Crippen LogP contribution in [0.25, 0.3) is 0 Å². The van der Waals surface area contributed by atoms with E-state index in [-0.39, 0.29) is 27.9 Å². The van der Waals surface area contributed by atoms with E-state index in [4.69, 9.17) is 11.6 Å². The molecule has 0 saturated carbocycles. The van der Waals surface area contributed by atoms with Gasteiger partial charge in [0.15, 0.2) is 11.4 Å². The van der Waals surface area contributed by atoms with E-state index in [9.17, 15) is 23.1 Å². The Morgan fingerprint density at radius 2 is 2.00 bits per heavy atom. The molecular weight excluding hydrogens is 370 g/mol. The number of sulfonamides is 1. The molecule has 10 heteroatoms. The molecule has 8 nitrogen and oxygen atoms in total. The Hall–Kier alpha value is -2.36. The van der Waals surface area contributed by atoms with Crippen LogP contribution in [0.4, 0.5) is 0 Å². The van der Waals surface area contributed by atoms with Crippen molar-refractivity contribution in [1.82, 2.24) is 14.6 Å². The summed E-state index contributed by atoms with van der Waals surface area (Å²) in [6.07, 6.45) is 0. The average molecular weight is 386 g/mol. The van der Waals surface area contributed by atoms with Crippen LogP contribution in [-0.4, -0.2) is 31.0 Å². The van der Waals surface area contributed by atoms with Crippen molar-refractivity contribution < 1.29 is 18.3 Å². The van der Waals surface area contributed by atoms with Crippen molar-refractivity contribution in [2.24, 2.45) is 7.05 Å². The van der Waals surface area contributed by atoms with E-state index in [0.29, 0.717) is 0 Å². The number of hydrogen-bond donors (Lipinski definition) is 3. The highest BCUT2D eigenvalue weighted by Crippen LogP contribution is 2.17. The van der Waals surface area contributed by atoms with Crippen molar-refractivity contribution >= 4 is 27.5 Å². The number of aromatic nitrogens is 1. The second kappa shape index (κ2) is 7.26. The van der Waals surface area contributed by atoms with Gasteiger partial charge in [-0.25, -0.2) is 13.1 Å². The third-order valence-corrected chi connectivity index (χ3v) is 5.15. The summed E-state index contributed by atoms with van der Waals surface area (Å²) in [6.45, 7) is -0.259. The Balaban J connectivity index is 2.37. The molecule has 0 atom stereocenters. The summed E-state index contributed by atoms with van der Waals surface area (Å²) in [5.41, 5.74) is -0.840. The number of rotatable bonds is 5. The molecule has 0 fully saturated rings. The predicted octanol–water partition coefficient (Wildman–Crippen LogP) is 0.582. The molecule has 25 heavy (non-hydrogen) atoms. The van der Waals surface area contributed by atoms with Gasteiger partial charge in [-0.05, 0) is 18.2 Å². The largest absolute Gasteiger partial charge is 0.503 e. The number of hydrogen-bond acceptors (Lipinski definition) is 5. The smallest absolute Gasteiger partial charge is 0.271 e. The molecule has 134 valence electrons. The van der Waals surface area contributed by atoms with Crippen LogP contribution in [0.3, 0.4) is 0 Å². The van der Waals surface area contributed by atoms with Crippen LogP contribution in [-0.2, 0) is 23.6 Å². The second-order valence-electron chi connectivity index (χ2n) is 5.12. The maximum atomic E-state index is 12.3. The molecule has 0 spiro atoms. The highest BCUT2D eigenvalue weighted by atomic mass is 35.5. The third-order valence-electron chi connectivity index (χ3n) is 3.51. The molecule has 1 heterocycles. The number of nitrogens with zero attached hydrogens (tertiary/aromatic N) is 1. The summed E-state index contributed by atoms with van der Waals surface area (Å²) < 4.78 is 28.2. The average Bonchev–Trinajstić information content (AvgIpc) is 2.57. The number of carbonyl (C=O) groups is 1. The summed E-state index contributed by atoms with van der Waals surface area (Å²) in [4.78, 5) is 23.6. The number of pyridine rings is 1. The van der Waals surface area contributed by atoms with Gasteiger partial charge in [-0.15, -0.1) is 0 Å². The van der Waals surface area contributed by atoms with E-state index in [2.05, 4.69) is 10.0 Å². The lowest BCUT2D eigenvalue weighted by Crippen LogP contribution is -2.30. The van der Waals surface area contributed by atoms with Crippen molar-refractivity contribution in [2.75, 3.05) is 7.05 Å². The van der Waals surface area contributed by atoms with E-state index in [1.54, 1.807) is 6.07 Å². The van der Waals surface area contributed by atoms with Gasteiger partial charge in [-0.2, -0.15) is 0 Å². The first-order valence-electron chi connectivity index (χ1n) is 7.06. The van der Waals surface area contributed by atoms with Gasteiger partial charge in [0.2, 0.25) is 15.5 Å². The molecule has 0 aliphatic carbocycles. The summed E-state index contributed by atoms with van der Waals surface area (Å²) in [5.74, 6) is -1.38. The minimum atomic E-state index is -3.87. The molecule has 0 radical (unpaired) electrons. The topological polar surface area (TPSA) is 118 Å². The zero-order valence-electron chi connectivity index (χ0n) is 13.4. The zero-order chi connectivity index (χ0) is 18.8. The van der Waals surface area contributed by atoms with Gasteiger partial charge >= 0.3 is 0 Å². The highest BCUT2D eigenvalue weighted by Gasteiger charge is 2.20. The van der Waals surface area contributed by atoms with Gasteiger partial charge < -0.3 is 15.0 Å². The number of nitrogens with one attached hydrogen (secondary N) is 2. The van der Waals surface area contributed by atoms with Crippen LogP contribution in [0.2, 0.25) is 5.02 Å². The normalized spacial score (nSPS) is 11.3. The summed E-state index contributed by atoms with van der Waals surface area (Å²) in [5, 5.41) is 12.4. The summed E-state index contributed by atoms with van der Waals surface area (Å²) in [7, 11) is -1.09. The first kappa shape index (κ1) is 19.0. The van der Waals surface area contributed by atoms with E-state index in [0.717, 1.165) is 6.07 Å². The molecule has 1 amide bonds. The van der Waals surface area contributed by atoms with Crippen LogP contribution < -0.4 is 15.5 Å². The number of carbonyl (C=O) groups excluding carboxylic acids is 1. The maximum absolute atomic E-state index is 12.3. The first-order chi connectivity index (χ1) is 11.7. The Kier molecular flexibility index (Phi) is 5.51. The molecule has 1 aromatic heterocycles. The highest BCUT2D eigenvalue weighted by molar-refractivity contribution is 7.89. The fourth-order valence-corrected chi connectivity index (χ4v) is 3.47. The van der Waals surface area contributed by atoms with E-state index in [1.807, 2.05) is 0 Å². The van der Waals surface area contributed by atoms with Gasteiger partial charge in [0.05, 0.1) is 11.4 Å². The molecular formula is C15H16ClN3O5S. The molecule has 1 aromatic carbocycles. The SMILES string of the molecule is CNC(=O)c1c(O)c(=O)cc(CNS(=O)(=O)c2cccc(Cl)c2)n1C. The molecule has 3 N–H and O–H groups in total. The molecule has 0 unspecified atom stereocenters. The number of benzene rings is 1. The standard InChI is InChI=1S/C15H16ClN3O5S/c1-17-15(22)13-14(21)12(20)7-10(19(13)2)8-18-25(23,24)11-5-3-4-9(16)6-11/h3-7,18,21H,8H2,1-2H3,(H,17,22). The maximum Gasteiger partial charge on any atom is 0.271 e. The summed E-state index contributed by atoms with van der Waals surface area (Å²) in [6, 6.07) is 6.76. The van der Waals surface area contributed by atoms with Crippen molar-refractivity contribution in [3.05, 3.63) is 57.0 Å². The summed E-state index contributed by atoms with van der Waals surface area (Å²) >= 11 is 5.79. The van der Waals surface area contributed by atoms with Crippen LogP contribution in [0.15, 0.2) is 40.0 Å². The fourth-order valence-electron chi connectivity index (χ4n) is 2.17. The molecule has 0 aliphatic heterocycles. The fraction of sp³-hybridized carbons (Fsp3) is 0.200. The Morgan fingerprint density at radius 1 is 1.32 bits per heavy atom. The quantitative estimate of drug-likeness (QED) is 0.696. The van der Waals surface area contributed by atoms with Gasteiger partial charge in [0, 0.05) is 30.9 Å². The molecule has 2 aromatic rings. The zero-order valence-corrected chi connectivity index (χ0v) is 15.0. The van der Waals surface area contributed by atoms with E-state index >= 15 is 0 Å². The minimum Gasteiger partial charge on any atom is -0.503 e. The van der Waals surface area contributed by atoms with Crippen molar-refractivity contribution in [3.63, 3.8) is 0 Å². The lowest BCUT2D eigenvalue weighted by Gasteiger charge is -2.15. The predicted molar refractivity (Wildman–Crippen MR) is 92.2 cm³/mol. The number of aromatic hydroxyl groups is 1. The third kappa shape index (κ3) is 4.01. The van der Waals surface area contributed by atoms with Crippen LogP contribution in [0, 0.1) is 0 Å². The number of amides is 1. The Labute approximate surface area is 149 Å². The van der Waals surface area contributed by atoms with Gasteiger partial charge in [-0.1, -0.05) is 17.7 Å². The van der Waals surface area contributed by atoms with Crippen molar-refractivity contribution in [3.8, 4) is 5.75 Å². The molecule has 0 bridgehead atoms. The Bertz CT molecular complexity index is 985. The van der Waals surface area contributed by atoms with Gasteiger partial charge in [0.25, 0.3) is 5.91 Å². The first-order valence-corrected chi connectivity index (χ1v) is 8.92. The van der Waals surface area contributed by atoms with Crippen molar-refractivity contribution in [2.45, 2.75) is 11.4 Å². The number of halogens is 1. The van der Waals surface area contributed by atoms with E-state index in [1.165, 1.54) is 36.9 Å². The molecule has 2 rings (SSSR count). The molecule has 0 saturated heterocycles. The van der Waals surface area contributed by atoms with E-state index < -0.39 is 27.1 Å². The Morgan fingerprint density at radius 3 is 2.60 bits per heavy atom. The lowest BCUT2D eigenvalue weighted by molar-refractivity contribution is 0.0950.